The van der Waals surface area contributed by atoms with E-state index in [1.165, 1.54) is 5.56 Å². The van der Waals surface area contributed by atoms with Crippen LogP contribution in [0.15, 0.2) is 53.1 Å². The maximum absolute atomic E-state index is 4.78. The molecule has 5 heteroatoms. The summed E-state index contributed by atoms with van der Waals surface area (Å²) < 4.78 is 3.03. The molecule has 0 unspecified atom stereocenters. The number of rotatable bonds is 2. The second-order valence-electron chi connectivity index (χ2n) is 4.96. The third kappa shape index (κ3) is 2.14. The third-order valence-electron chi connectivity index (χ3n) is 3.63. The van der Waals surface area contributed by atoms with Crippen molar-refractivity contribution < 1.29 is 0 Å². The van der Waals surface area contributed by atoms with E-state index >= 15 is 0 Å². The molecule has 1 aliphatic rings. The minimum absolute atomic E-state index is 0.924. The second kappa shape index (κ2) is 5.00. The van der Waals surface area contributed by atoms with Gasteiger partial charge >= 0.3 is 0 Å². The fraction of sp³-hybridized carbons (Fsp3) is 0.125. The van der Waals surface area contributed by atoms with Crippen LogP contribution in [-0.2, 0) is 6.42 Å². The van der Waals surface area contributed by atoms with Gasteiger partial charge in [-0.05, 0) is 42.8 Å². The number of hydrogen-bond acceptors (Lipinski definition) is 3. The summed E-state index contributed by atoms with van der Waals surface area (Å²) in [5.74, 6) is 1.08. The Morgan fingerprint density at radius 2 is 1.95 bits per heavy atom. The van der Waals surface area contributed by atoms with E-state index in [1.807, 2.05) is 41.2 Å². The minimum atomic E-state index is 0.924. The van der Waals surface area contributed by atoms with Gasteiger partial charge in [0.1, 0.15) is 11.5 Å². The highest BCUT2D eigenvalue weighted by molar-refractivity contribution is 9.10. The lowest BCUT2D eigenvalue weighted by atomic mass is 10.1. The Kier molecular flexibility index (Phi) is 3.00. The van der Waals surface area contributed by atoms with Gasteiger partial charge in [0.2, 0.25) is 0 Å². The van der Waals surface area contributed by atoms with Gasteiger partial charge in [0, 0.05) is 22.8 Å². The van der Waals surface area contributed by atoms with E-state index in [9.17, 15) is 0 Å². The monoisotopic (exact) mass is 340 g/mol. The molecule has 4 nitrogen and oxygen atoms in total. The van der Waals surface area contributed by atoms with Crippen molar-refractivity contribution in [3.05, 3.63) is 58.7 Å². The first kappa shape index (κ1) is 12.6. The van der Waals surface area contributed by atoms with E-state index in [0.717, 1.165) is 40.3 Å². The average Bonchev–Trinajstić information content (AvgIpc) is 3.11. The molecule has 104 valence electrons. The van der Waals surface area contributed by atoms with Gasteiger partial charge in [-0.3, -0.25) is 4.98 Å². The molecule has 0 saturated carbocycles. The standard InChI is InChI=1S/C16H13BrN4/c17-11-4-6-12(7-5-11)21-16-13(8-10-19-16)15(20-21)14-3-1-2-9-18-14/h1-7,9,19H,8,10H2. The van der Waals surface area contributed by atoms with Crippen LogP contribution in [-0.4, -0.2) is 21.3 Å². The molecular formula is C16H13BrN4. The lowest BCUT2D eigenvalue weighted by Gasteiger charge is -2.06. The van der Waals surface area contributed by atoms with Crippen LogP contribution < -0.4 is 5.32 Å². The Bertz CT molecular complexity index is 778. The molecular weight excluding hydrogens is 328 g/mol. The smallest absolute Gasteiger partial charge is 0.133 e. The summed E-state index contributed by atoms with van der Waals surface area (Å²) in [7, 11) is 0. The van der Waals surface area contributed by atoms with Crippen LogP contribution in [0.25, 0.3) is 17.1 Å². The van der Waals surface area contributed by atoms with Gasteiger partial charge in [-0.15, -0.1) is 0 Å². The van der Waals surface area contributed by atoms with E-state index in [-0.39, 0.29) is 0 Å². The summed E-state index contributed by atoms with van der Waals surface area (Å²) in [6.07, 6.45) is 2.79. The molecule has 0 amide bonds. The molecule has 1 N–H and O–H groups in total. The summed E-state index contributed by atoms with van der Waals surface area (Å²) >= 11 is 3.47. The lowest BCUT2D eigenvalue weighted by molar-refractivity contribution is 0.880. The molecule has 0 spiro atoms. The van der Waals surface area contributed by atoms with Crippen molar-refractivity contribution in [2.75, 3.05) is 11.9 Å². The Balaban J connectivity index is 1.88. The van der Waals surface area contributed by atoms with Gasteiger partial charge in [0.25, 0.3) is 0 Å². The van der Waals surface area contributed by atoms with Crippen LogP contribution in [0.5, 0.6) is 0 Å². The molecule has 21 heavy (non-hydrogen) atoms. The number of aromatic nitrogens is 3. The number of hydrogen-bond donors (Lipinski definition) is 1. The molecule has 4 rings (SSSR count). The van der Waals surface area contributed by atoms with Gasteiger partial charge in [-0.25, -0.2) is 4.68 Å². The fourth-order valence-corrected chi connectivity index (χ4v) is 2.92. The van der Waals surface area contributed by atoms with Crippen LogP contribution in [0.4, 0.5) is 5.82 Å². The Morgan fingerprint density at radius 1 is 1.10 bits per heavy atom. The summed E-state index contributed by atoms with van der Waals surface area (Å²) in [6, 6.07) is 14.1. The van der Waals surface area contributed by atoms with Crippen LogP contribution in [0.1, 0.15) is 5.56 Å². The van der Waals surface area contributed by atoms with E-state index in [2.05, 4.69) is 38.4 Å². The first-order valence-electron chi connectivity index (χ1n) is 6.86. The first-order valence-corrected chi connectivity index (χ1v) is 7.65. The zero-order valence-corrected chi connectivity index (χ0v) is 12.8. The highest BCUT2D eigenvalue weighted by Gasteiger charge is 2.24. The van der Waals surface area contributed by atoms with Crippen LogP contribution >= 0.6 is 15.9 Å². The predicted molar refractivity (Wildman–Crippen MR) is 86.7 cm³/mol. The molecule has 0 atom stereocenters. The van der Waals surface area contributed by atoms with Gasteiger partial charge in [0.15, 0.2) is 0 Å². The zero-order chi connectivity index (χ0) is 14.2. The summed E-state index contributed by atoms with van der Waals surface area (Å²) in [5.41, 5.74) is 4.19. The Hall–Kier alpha value is -2.14. The SMILES string of the molecule is Brc1ccc(-n2nc(-c3ccccn3)c3c2NCC3)cc1. The van der Waals surface area contributed by atoms with Crippen molar-refractivity contribution in [2.24, 2.45) is 0 Å². The largest absolute Gasteiger partial charge is 0.369 e. The van der Waals surface area contributed by atoms with Gasteiger partial charge in [-0.1, -0.05) is 22.0 Å². The van der Waals surface area contributed by atoms with E-state index < -0.39 is 0 Å². The highest BCUT2D eigenvalue weighted by Crippen LogP contribution is 2.33. The summed E-state index contributed by atoms with van der Waals surface area (Å²) in [6.45, 7) is 0.948. The van der Waals surface area contributed by atoms with Gasteiger partial charge in [0.05, 0.1) is 11.4 Å². The molecule has 0 aliphatic carbocycles. The van der Waals surface area contributed by atoms with E-state index in [1.54, 1.807) is 0 Å². The van der Waals surface area contributed by atoms with Crippen molar-refractivity contribution in [1.29, 1.82) is 0 Å². The predicted octanol–water partition coefficient (Wildman–Crippen LogP) is 3.66. The van der Waals surface area contributed by atoms with Crippen LogP contribution in [0.3, 0.4) is 0 Å². The third-order valence-corrected chi connectivity index (χ3v) is 4.16. The summed E-state index contributed by atoms with van der Waals surface area (Å²) in [5, 5.41) is 8.21. The number of nitrogens with zero attached hydrogens (tertiary/aromatic N) is 3. The maximum Gasteiger partial charge on any atom is 0.133 e. The molecule has 1 aromatic carbocycles. The lowest BCUT2D eigenvalue weighted by Crippen LogP contribution is -2.04. The molecule has 3 aromatic rings. The highest BCUT2D eigenvalue weighted by atomic mass is 79.9. The van der Waals surface area contributed by atoms with Crippen molar-refractivity contribution in [1.82, 2.24) is 14.8 Å². The number of benzene rings is 1. The Labute approximate surface area is 131 Å². The van der Waals surface area contributed by atoms with Gasteiger partial charge < -0.3 is 5.32 Å². The minimum Gasteiger partial charge on any atom is -0.369 e. The number of nitrogens with one attached hydrogen (secondary N) is 1. The quantitative estimate of drug-likeness (QED) is 0.774. The maximum atomic E-state index is 4.78. The molecule has 1 aliphatic heterocycles. The van der Waals surface area contributed by atoms with Gasteiger partial charge in [-0.2, -0.15) is 5.10 Å². The molecule has 2 aromatic heterocycles. The van der Waals surface area contributed by atoms with E-state index in [4.69, 9.17) is 5.10 Å². The van der Waals surface area contributed by atoms with E-state index in [0.29, 0.717) is 0 Å². The fourth-order valence-electron chi connectivity index (χ4n) is 2.65. The second-order valence-corrected chi connectivity index (χ2v) is 5.87. The molecule has 0 radical (unpaired) electrons. The topological polar surface area (TPSA) is 42.7 Å². The van der Waals surface area contributed by atoms with Crippen molar-refractivity contribution in [3.8, 4) is 17.1 Å². The Morgan fingerprint density at radius 3 is 2.71 bits per heavy atom. The molecule has 0 fully saturated rings. The number of fused-ring (bicyclic) bond motifs is 1. The van der Waals surface area contributed by atoms with Crippen molar-refractivity contribution >= 4 is 21.7 Å². The van der Waals surface area contributed by atoms with Crippen LogP contribution in [0, 0.1) is 0 Å². The van der Waals surface area contributed by atoms with Crippen molar-refractivity contribution in [2.45, 2.75) is 6.42 Å². The normalized spacial score (nSPS) is 13.0. The zero-order valence-electron chi connectivity index (χ0n) is 11.3. The first-order chi connectivity index (χ1) is 10.3. The molecule has 0 saturated heterocycles. The summed E-state index contributed by atoms with van der Waals surface area (Å²) in [4.78, 5) is 4.44. The van der Waals surface area contributed by atoms with Crippen LogP contribution in [0.2, 0.25) is 0 Å². The van der Waals surface area contributed by atoms with Crippen molar-refractivity contribution in [3.63, 3.8) is 0 Å². The molecule has 0 bridgehead atoms. The number of pyridine rings is 1. The average molecular weight is 341 g/mol. The number of anilines is 1. The molecule has 3 heterocycles. The number of halogens is 1.